The van der Waals surface area contributed by atoms with Crippen molar-refractivity contribution in [3.05, 3.63) is 102 Å². The van der Waals surface area contributed by atoms with E-state index >= 15 is 0 Å². The van der Waals surface area contributed by atoms with Gasteiger partial charge in [-0.15, -0.1) is 0 Å². The van der Waals surface area contributed by atoms with Crippen LogP contribution in [0.15, 0.2) is 84.9 Å². The summed E-state index contributed by atoms with van der Waals surface area (Å²) in [7, 11) is 0. The maximum absolute atomic E-state index is 12.7. The van der Waals surface area contributed by atoms with Gasteiger partial charge in [-0.2, -0.15) is 0 Å². The van der Waals surface area contributed by atoms with E-state index in [4.69, 9.17) is 4.74 Å². The summed E-state index contributed by atoms with van der Waals surface area (Å²) in [4.78, 5) is 12.7. The van der Waals surface area contributed by atoms with E-state index in [1.165, 1.54) is 5.56 Å². The van der Waals surface area contributed by atoms with Crippen LogP contribution >= 0.6 is 0 Å². The molecule has 29 heavy (non-hydrogen) atoms. The van der Waals surface area contributed by atoms with E-state index in [2.05, 4.69) is 41.7 Å². The monoisotopic (exact) mass is 387 g/mol. The molecule has 3 aromatic carbocycles. The number of benzene rings is 3. The summed E-state index contributed by atoms with van der Waals surface area (Å²) in [5.74, 6) is 0.932. The van der Waals surface area contributed by atoms with E-state index in [1.807, 2.05) is 62.4 Å². The SMILES string of the molecule is CC(C)Oc1ccc([C@H](CC(=O)NCCc2ccccc2)c2ccccc2)cc1. The van der Waals surface area contributed by atoms with Gasteiger partial charge in [-0.05, 0) is 49.1 Å². The number of rotatable bonds is 9. The molecule has 3 heteroatoms. The molecule has 0 saturated heterocycles. The zero-order chi connectivity index (χ0) is 20.5. The number of nitrogens with one attached hydrogen (secondary N) is 1. The largest absolute Gasteiger partial charge is 0.491 e. The lowest BCUT2D eigenvalue weighted by molar-refractivity contribution is -0.121. The van der Waals surface area contributed by atoms with Crippen LogP contribution in [0.2, 0.25) is 0 Å². The lowest BCUT2D eigenvalue weighted by Gasteiger charge is -2.19. The van der Waals surface area contributed by atoms with Gasteiger partial charge in [-0.3, -0.25) is 4.79 Å². The van der Waals surface area contributed by atoms with Crippen molar-refractivity contribution in [2.45, 2.75) is 38.7 Å². The second-order valence-electron chi connectivity index (χ2n) is 7.49. The van der Waals surface area contributed by atoms with Gasteiger partial charge in [0.1, 0.15) is 5.75 Å². The second kappa shape index (κ2) is 10.5. The third-order valence-electron chi connectivity index (χ3n) is 4.82. The molecule has 0 bridgehead atoms. The highest BCUT2D eigenvalue weighted by Crippen LogP contribution is 2.29. The molecular weight excluding hydrogens is 358 g/mol. The van der Waals surface area contributed by atoms with Crippen LogP contribution in [0.3, 0.4) is 0 Å². The fourth-order valence-electron chi connectivity index (χ4n) is 3.41. The van der Waals surface area contributed by atoms with E-state index in [1.54, 1.807) is 0 Å². The number of hydrogen-bond acceptors (Lipinski definition) is 2. The van der Waals surface area contributed by atoms with Crippen LogP contribution in [0.4, 0.5) is 0 Å². The first kappa shape index (κ1) is 20.7. The quantitative estimate of drug-likeness (QED) is 0.537. The van der Waals surface area contributed by atoms with Gasteiger partial charge in [0.15, 0.2) is 0 Å². The molecule has 1 N–H and O–H groups in total. The normalized spacial score (nSPS) is 11.8. The minimum Gasteiger partial charge on any atom is -0.491 e. The van der Waals surface area contributed by atoms with Crippen LogP contribution in [-0.4, -0.2) is 18.6 Å². The molecular formula is C26H29NO2. The van der Waals surface area contributed by atoms with Gasteiger partial charge in [0.05, 0.1) is 6.10 Å². The van der Waals surface area contributed by atoms with Crippen molar-refractivity contribution >= 4 is 5.91 Å². The molecule has 3 aromatic rings. The van der Waals surface area contributed by atoms with Crippen LogP contribution < -0.4 is 10.1 Å². The molecule has 0 aliphatic rings. The van der Waals surface area contributed by atoms with Crippen molar-refractivity contribution in [2.75, 3.05) is 6.54 Å². The molecule has 1 atom stereocenters. The molecule has 0 radical (unpaired) electrons. The van der Waals surface area contributed by atoms with E-state index in [0.29, 0.717) is 13.0 Å². The first-order valence-electron chi connectivity index (χ1n) is 10.2. The highest BCUT2D eigenvalue weighted by Gasteiger charge is 2.18. The predicted molar refractivity (Wildman–Crippen MR) is 118 cm³/mol. The molecule has 0 aromatic heterocycles. The minimum atomic E-state index is 0.0148. The fourth-order valence-corrected chi connectivity index (χ4v) is 3.41. The van der Waals surface area contributed by atoms with Crippen molar-refractivity contribution in [1.29, 1.82) is 0 Å². The van der Waals surface area contributed by atoms with E-state index in [0.717, 1.165) is 23.3 Å². The first-order valence-corrected chi connectivity index (χ1v) is 10.2. The van der Waals surface area contributed by atoms with Crippen molar-refractivity contribution in [3.8, 4) is 5.75 Å². The molecule has 1 amide bonds. The second-order valence-corrected chi connectivity index (χ2v) is 7.49. The summed E-state index contributed by atoms with van der Waals surface area (Å²) in [5.41, 5.74) is 3.49. The summed E-state index contributed by atoms with van der Waals surface area (Å²) in [6.07, 6.45) is 1.40. The summed E-state index contributed by atoms with van der Waals surface area (Å²) in [6.45, 7) is 4.67. The first-order chi connectivity index (χ1) is 14.1. The average molecular weight is 388 g/mol. The highest BCUT2D eigenvalue weighted by molar-refractivity contribution is 5.77. The van der Waals surface area contributed by atoms with Crippen molar-refractivity contribution in [2.24, 2.45) is 0 Å². The topological polar surface area (TPSA) is 38.3 Å². The van der Waals surface area contributed by atoms with Gasteiger partial charge >= 0.3 is 0 Å². The fraction of sp³-hybridized carbons (Fsp3) is 0.269. The van der Waals surface area contributed by atoms with E-state index < -0.39 is 0 Å². The Morgan fingerprint density at radius 3 is 2.03 bits per heavy atom. The molecule has 3 rings (SSSR count). The highest BCUT2D eigenvalue weighted by atomic mass is 16.5. The average Bonchev–Trinajstić information content (AvgIpc) is 2.74. The maximum Gasteiger partial charge on any atom is 0.220 e. The Labute approximate surface area is 173 Å². The molecule has 0 aliphatic carbocycles. The van der Waals surface area contributed by atoms with Crippen LogP contribution in [-0.2, 0) is 11.2 Å². The Morgan fingerprint density at radius 1 is 0.828 bits per heavy atom. The lowest BCUT2D eigenvalue weighted by atomic mass is 9.88. The standard InChI is InChI=1S/C26H29NO2/c1-20(2)29-24-15-13-23(14-16-24)25(22-11-7-4-8-12-22)19-26(28)27-18-17-21-9-5-3-6-10-21/h3-16,20,25H,17-19H2,1-2H3,(H,27,28)/t25-/m1/s1. The number of amides is 1. The molecule has 0 aliphatic heterocycles. The Balaban J connectivity index is 1.66. The molecule has 0 spiro atoms. The van der Waals surface area contributed by atoms with Gasteiger partial charge in [0.25, 0.3) is 0 Å². The summed E-state index contributed by atoms with van der Waals surface area (Å²) >= 11 is 0. The Kier molecular flexibility index (Phi) is 7.46. The Bertz CT molecular complexity index is 874. The molecule has 0 fully saturated rings. The summed E-state index contributed by atoms with van der Waals surface area (Å²) in [6, 6.07) is 28.5. The smallest absolute Gasteiger partial charge is 0.220 e. The molecule has 150 valence electrons. The maximum atomic E-state index is 12.7. The van der Waals surface area contributed by atoms with Crippen LogP contribution in [0.25, 0.3) is 0 Å². The number of hydrogen-bond donors (Lipinski definition) is 1. The number of carbonyl (C=O) groups is 1. The van der Waals surface area contributed by atoms with E-state index in [-0.39, 0.29) is 17.9 Å². The molecule has 3 nitrogen and oxygen atoms in total. The lowest BCUT2D eigenvalue weighted by Crippen LogP contribution is -2.27. The summed E-state index contributed by atoms with van der Waals surface area (Å²) < 4.78 is 5.75. The Hall–Kier alpha value is -3.07. The van der Waals surface area contributed by atoms with Crippen LogP contribution in [0.5, 0.6) is 5.75 Å². The molecule has 0 unspecified atom stereocenters. The van der Waals surface area contributed by atoms with Gasteiger partial charge in [-0.25, -0.2) is 0 Å². The predicted octanol–water partition coefficient (Wildman–Crippen LogP) is 5.35. The summed E-state index contributed by atoms with van der Waals surface area (Å²) in [5, 5.41) is 3.07. The third kappa shape index (κ3) is 6.49. The van der Waals surface area contributed by atoms with E-state index in [9.17, 15) is 4.79 Å². The number of carbonyl (C=O) groups excluding carboxylic acids is 1. The van der Waals surface area contributed by atoms with Gasteiger partial charge < -0.3 is 10.1 Å². The van der Waals surface area contributed by atoms with Gasteiger partial charge in [0, 0.05) is 18.9 Å². The van der Waals surface area contributed by atoms with Gasteiger partial charge in [0.2, 0.25) is 5.91 Å². The van der Waals surface area contributed by atoms with Gasteiger partial charge in [-0.1, -0.05) is 72.8 Å². The van der Waals surface area contributed by atoms with Crippen LogP contribution in [0, 0.1) is 0 Å². The number of ether oxygens (including phenoxy) is 1. The van der Waals surface area contributed by atoms with Crippen molar-refractivity contribution < 1.29 is 9.53 Å². The third-order valence-corrected chi connectivity index (χ3v) is 4.82. The zero-order valence-electron chi connectivity index (χ0n) is 17.2. The molecule has 0 saturated carbocycles. The minimum absolute atomic E-state index is 0.0148. The van der Waals surface area contributed by atoms with Crippen molar-refractivity contribution in [1.82, 2.24) is 5.32 Å². The van der Waals surface area contributed by atoms with Crippen molar-refractivity contribution in [3.63, 3.8) is 0 Å². The zero-order valence-corrected chi connectivity index (χ0v) is 17.2. The van der Waals surface area contributed by atoms with Crippen LogP contribution in [0.1, 0.15) is 42.9 Å². The Morgan fingerprint density at radius 2 is 1.41 bits per heavy atom. The molecule has 0 heterocycles.